The van der Waals surface area contributed by atoms with Crippen molar-refractivity contribution in [1.82, 2.24) is 0 Å². The van der Waals surface area contributed by atoms with Gasteiger partial charge in [0.2, 0.25) is 0 Å². The Morgan fingerprint density at radius 3 is 1.10 bits per heavy atom. The minimum absolute atomic E-state index is 1.14. The summed E-state index contributed by atoms with van der Waals surface area (Å²) >= 11 is 2.02. The SMILES string of the molecule is CCCCCCCCCCCCCCCCCCCCCCSc1ccc(/C=C/c2cc[n+](CCCCCCCCCCCC)cc2)cc1. The van der Waals surface area contributed by atoms with Crippen LogP contribution in [-0.2, 0) is 6.54 Å². The smallest absolute Gasteiger partial charge is 0.169 e. The van der Waals surface area contributed by atoms with Crippen LogP contribution in [0.3, 0.4) is 0 Å². The molecule has 0 bridgehead atoms. The van der Waals surface area contributed by atoms with Crippen molar-refractivity contribution in [3.63, 3.8) is 0 Å². The van der Waals surface area contributed by atoms with Crippen molar-refractivity contribution in [1.29, 1.82) is 0 Å². The predicted molar refractivity (Wildman–Crippen MR) is 223 cm³/mol. The largest absolute Gasteiger partial charge is 0.205 e. The summed E-state index contributed by atoms with van der Waals surface area (Å²) in [5.74, 6) is 1.25. The van der Waals surface area contributed by atoms with Crippen molar-refractivity contribution in [2.45, 2.75) is 218 Å². The van der Waals surface area contributed by atoms with E-state index in [9.17, 15) is 0 Å². The van der Waals surface area contributed by atoms with Crippen LogP contribution in [0, 0.1) is 0 Å². The van der Waals surface area contributed by atoms with Gasteiger partial charge < -0.3 is 0 Å². The molecule has 2 rings (SSSR count). The maximum absolute atomic E-state index is 2.34. The summed E-state index contributed by atoms with van der Waals surface area (Å²) in [6, 6.07) is 13.6. The van der Waals surface area contributed by atoms with E-state index < -0.39 is 0 Å². The van der Waals surface area contributed by atoms with Crippen LogP contribution in [-0.4, -0.2) is 5.75 Å². The average molecular weight is 691 g/mol. The molecule has 0 fully saturated rings. The van der Waals surface area contributed by atoms with Gasteiger partial charge in [0.25, 0.3) is 0 Å². The molecule has 2 aromatic rings. The zero-order chi connectivity index (χ0) is 34.7. The zero-order valence-corrected chi connectivity index (χ0v) is 33.6. The minimum atomic E-state index is 1.14. The van der Waals surface area contributed by atoms with Crippen LogP contribution in [0.15, 0.2) is 53.7 Å². The van der Waals surface area contributed by atoms with Crippen LogP contribution in [0.1, 0.15) is 218 Å². The molecule has 2 heteroatoms. The number of rotatable bonds is 35. The number of nitrogens with zero attached hydrogens (tertiary/aromatic N) is 1. The maximum Gasteiger partial charge on any atom is 0.169 e. The normalized spacial score (nSPS) is 11.6. The van der Waals surface area contributed by atoms with Crippen LogP contribution in [0.4, 0.5) is 0 Å². The van der Waals surface area contributed by atoms with Crippen LogP contribution in [0.2, 0.25) is 0 Å². The number of pyridine rings is 1. The molecule has 0 spiro atoms. The second-order valence-corrected chi connectivity index (χ2v) is 16.2. The van der Waals surface area contributed by atoms with Gasteiger partial charge in [-0.2, -0.15) is 0 Å². The van der Waals surface area contributed by atoms with Gasteiger partial charge in [-0.25, -0.2) is 4.57 Å². The molecule has 1 nitrogen and oxygen atoms in total. The van der Waals surface area contributed by atoms with E-state index in [1.165, 1.54) is 214 Å². The van der Waals surface area contributed by atoms with Gasteiger partial charge in [-0.05, 0) is 41.9 Å². The Labute approximate surface area is 310 Å². The Bertz CT molecular complexity index is 978. The average Bonchev–Trinajstić information content (AvgIpc) is 3.13. The van der Waals surface area contributed by atoms with Gasteiger partial charge in [-0.1, -0.05) is 211 Å². The quantitative estimate of drug-likeness (QED) is 0.0395. The highest BCUT2D eigenvalue weighted by atomic mass is 32.2. The standard InChI is InChI=1S/C47H80NS/c1-3-5-7-9-11-13-15-16-17-18-19-20-21-22-23-24-26-28-30-32-44-49-47-37-35-45(36-38-47)33-34-46-39-42-48(43-40-46)41-31-29-27-25-14-12-10-8-6-4-2/h33-40,42-43H,3-32,41,44H2,1-2H3/q+1/b34-33+. The van der Waals surface area contributed by atoms with Crippen molar-refractivity contribution in [2.75, 3.05) is 5.75 Å². The highest BCUT2D eigenvalue weighted by Gasteiger charge is 2.01. The number of benzene rings is 1. The fourth-order valence-corrected chi connectivity index (χ4v) is 7.84. The molecule has 0 radical (unpaired) electrons. The van der Waals surface area contributed by atoms with Crippen molar-refractivity contribution in [2.24, 2.45) is 0 Å². The molecule has 1 aromatic carbocycles. The molecular formula is C47H80NS+. The van der Waals surface area contributed by atoms with E-state index in [2.05, 4.69) is 79.4 Å². The Balaban J connectivity index is 1.38. The van der Waals surface area contributed by atoms with Gasteiger partial charge in [0.15, 0.2) is 12.4 Å². The van der Waals surface area contributed by atoms with Crippen molar-refractivity contribution in [3.8, 4) is 0 Å². The first kappa shape index (κ1) is 43.6. The van der Waals surface area contributed by atoms with Crippen molar-refractivity contribution in [3.05, 3.63) is 59.9 Å². The summed E-state index contributed by atoms with van der Waals surface area (Å²) < 4.78 is 2.34. The predicted octanol–water partition coefficient (Wildman–Crippen LogP) is 16.0. The summed E-state index contributed by atoms with van der Waals surface area (Å²) in [4.78, 5) is 1.41. The van der Waals surface area contributed by atoms with Crippen LogP contribution >= 0.6 is 11.8 Å². The highest BCUT2D eigenvalue weighted by Crippen LogP contribution is 2.22. The number of aromatic nitrogens is 1. The number of hydrogen-bond acceptors (Lipinski definition) is 1. The van der Waals surface area contributed by atoms with Gasteiger partial charge in [0.1, 0.15) is 6.54 Å². The lowest BCUT2D eigenvalue weighted by Gasteiger charge is -2.04. The first-order valence-corrected chi connectivity index (χ1v) is 22.7. The third kappa shape index (κ3) is 26.9. The first-order valence-electron chi connectivity index (χ1n) is 21.7. The van der Waals surface area contributed by atoms with E-state index in [4.69, 9.17) is 0 Å². The number of aryl methyl sites for hydroxylation is 1. The molecule has 0 N–H and O–H groups in total. The number of unbranched alkanes of at least 4 members (excludes halogenated alkanes) is 28. The van der Waals surface area contributed by atoms with Gasteiger partial charge in [0, 0.05) is 23.4 Å². The Morgan fingerprint density at radius 1 is 0.388 bits per heavy atom. The summed E-state index contributed by atoms with van der Waals surface area (Å²) in [7, 11) is 0. The summed E-state index contributed by atoms with van der Waals surface area (Å²) in [6.45, 7) is 5.74. The van der Waals surface area contributed by atoms with E-state index in [0.29, 0.717) is 0 Å². The molecule has 1 aromatic heterocycles. The van der Waals surface area contributed by atoms with E-state index in [1.807, 2.05) is 11.8 Å². The molecule has 278 valence electrons. The molecule has 0 atom stereocenters. The maximum atomic E-state index is 2.34. The molecule has 0 aliphatic carbocycles. The molecule has 0 saturated carbocycles. The van der Waals surface area contributed by atoms with Gasteiger partial charge in [-0.15, -0.1) is 11.8 Å². The monoisotopic (exact) mass is 691 g/mol. The Morgan fingerprint density at radius 2 is 0.714 bits per heavy atom. The van der Waals surface area contributed by atoms with Crippen LogP contribution < -0.4 is 4.57 Å². The van der Waals surface area contributed by atoms with Gasteiger partial charge in [-0.3, -0.25) is 0 Å². The van der Waals surface area contributed by atoms with Crippen molar-refractivity contribution < 1.29 is 4.57 Å². The van der Waals surface area contributed by atoms with Crippen LogP contribution in [0.5, 0.6) is 0 Å². The molecule has 0 unspecified atom stereocenters. The summed E-state index contributed by atoms with van der Waals surface area (Å²) in [5.41, 5.74) is 2.56. The fraction of sp³-hybridized carbons (Fsp3) is 0.723. The molecule has 0 saturated heterocycles. The third-order valence-corrected chi connectivity index (χ3v) is 11.4. The van der Waals surface area contributed by atoms with Crippen LogP contribution in [0.25, 0.3) is 12.2 Å². The van der Waals surface area contributed by atoms with Gasteiger partial charge in [0.05, 0.1) is 0 Å². The molecule has 0 amide bonds. The minimum Gasteiger partial charge on any atom is -0.205 e. The third-order valence-electron chi connectivity index (χ3n) is 10.3. The second-order valence-electron chi connectivity index (χ2n) is 15.0. The molecule has 49 heavy (non-hydrogen) atoms. The Kier molecular flexibility index (Phi) is 29.9. The van der Waals surface area contributed by atoms with E-state index in [0.717, 1.165) is 6.54 Å². The Hall–Kier alpha value is -1.54. The van der Waals surface area contributed by atoms with Gasteiger partial charge >= 0.3 is 0 Å². The molecule has 0 aliphatic heterocycles. The number of hydrogen-bond donors (Lipinski definition) is 0. The lowest BCUT2D eigenvalue weighted by atomic mass is 10.0. The second kappa shape index (κ2) is 33.6. The van der Waals surface area contributed by atoms with E-state index in [1.54, 1.807) is 0 Å². The zero-order valence-electron chi connectivity index (χ0n) is 32.8. The lowest BCUT2D eigenvalue weighted by molar-refractivity contribution is -0.697. The fourth-order valence-electron chi connectivity index (χ4n) is 6.93. The summed E-state index contributed by atoms with van der Waals surface area (Å²) in [6.07, 6.45) is 51.9. The molecule has 0 aliphatic rings. The highest BCUT2D eigenvalue weighted by molar-refractivity contribution is 7.99. The first-order chi connectivity index (χ1) is 24.3. The molecular weight excluding hydrogens is 611 g/mol. The van der Waals surface area contributed by atoms with Crippen molar-refractivity contribution >= 4 is 23.9 Å². The molecule has 1 heterocycles. The van der Waals surface area contributed by atoms with E-state index in [-0.39, 0.29) is 0 Å². The number of thioether (sulfide) groups is 1. The van der Waals surface area contributed by atoms with E-state index >= 15 is 0 Å². The topological polar surface area (TPSA) is 3.88 Å². The summed E-state index contributed by atoms with van der Waals surface area (Å²) in [5, 5.41) is 0. The lowest BCUT2D eigenvalue weighted by Crippen LogP contribution is -2.32.